The molecule has 3 rings (SSSR count). The van der Waals surface area contributed by atoms with Crippen LogP contribution in [0.15, 0.2) is 23.2 Å². The molecule has 0 bridgehead atoms. The Hall–Kier alpha value is -1.69. The lowest BCUT2D eigenvalue weighted by atomic mass is 10.1. The summed E-state index contributed by atoms with van der Waals surface area (Å²) in [5, 5.41) is 8.72. The Kier molecular flexibility index (Phi) is 2.64. The molecule has 1 aliphatic heterocycles. The fraction of sp³-hybridized carbons (Fsp3) is 0.364. The van der Waals surface area contributed by atoms with E-state index < -0.39 is 0 Å². The molecule has 1 atom stereocenters. The third-order valence-electron chi connectivity index (χ3n) is 3.09. The van der Waals surface area contributed by atoms with Crippen LogP contribution in [0.5, 0.6) is 0 Å². The van der Waals surface area contributed by atoms with Gasteiger partial charge >= 0.3 is 0 Å². The molecule has 88 valence electrons. The Labute approximate surface area is 102 Å². The first-order valence-electron chi connectivity index (χ1n) is 5.51. The molecule has 5 nitrogen and oxygen atoms in total. The molecule has 6 heteroatoms. The van der Waals surface area contributed by atoms with E-state index in [1.807, 2.05) is 11.0 Å². The fourth-order valence-corrected chi connectivity index (χ4v) is 2.70. The van der Waals surface area contributed by atoms with E-state index in [4.69, 9.17) is 0 Å². The standard InChI is InChI=1S/C11H12N4OS/c16-11(10-6-17-7-12-10)15-4-2-8(5-15)9-1-3-13-14-9/h1,3,6-8H,2,4-5H2,(H,13,14)/t8-/m1/s1. The molecule has 3 heterocycles. The Bertz CT molecular complexity index is 494. The Morgan fingerprint density at radius 3 is 3.24 bits per heavy atom. The average Bonchev–Trinajstić information content (AvgIpc) is 3.09. The number of nitrogens with zero attached hydrogens (tertiary/aromatic N) is 3. The van der Waals surface area contributed by atoms with Crippen molar-refractivity contribution in [1.29, 1.82) is 0 Å². The molecule has 0 spiro atoms. The summed E-state index contributed by atoms with van der Waals surface area (Å²) in [5.41, 5.74) is 3.36. The smallest absolute Gasteiger partial charge is 0.273 e. The van der Waals surface area contributed by atoms with Gasteiger partial charge in [-0.3, -0.25) is 9.89 Å². The average molecular weight is 248 g/mol. The summed E-state index contributed by atoms with van der Waals surface area (Å²) < 4.78 is 0. The molecule has 2 aromatic heterocycles. The number of thiazole rings is 1. The monoisotopic (exact) mass is 248 g/mol. The molecule has 1 fully saturated rings. The molecule has 1 amide bonds. The number of aromatic nitrogens is 3. The van der Waals surface area contributed by atoms with Crippen molar-refractivity contribution in [2.24, 2.45) is 0 Å². The van der Waals surface area contributed by atoms with Crippen LogP contribution >= 0.6 is 11.3 Å². The van der Waals surface area contributed by atoms with E-state index >= 15 is 0 Å². The molecule has 0 aliphatic carbocycles. The highest BCUT2D eigenvalue weighted by molar-refractivity contribution is 7.07. The van der Waals surface area contributed by atoms with Crippen molar-refractivity contribution in [3.63, 3.8) is 0 Å². The summed E-state index contributed by atoms with van der Waals surface area (Å²) in [6.45, 7) is 1.54. The lowest BCUT2D eigenvalue weighted by Crippen LogP contribution is -2.28. The number of rotatable bonds is 2. The highest BCUT2D eigenvalue weighted by Crippen LogP contribution is 2.26. The van der Waals surface area contributed by atoms with E-state index in [2.05, 4.69) is 15.2 Å². The van der Waals surface area contributed by atoms with Gasteiger partial charge in [0.1, 0.15) is 5.69 Å². The summed E-state index contributed by atoms with van der Waals surface area (Å²) in [7, 11) is 0. The summed E-state index contributed by atoms with van der Waals surface area (Å²) in [6, 6.07) is 1.97. The minimum absolute atomic E-state index is 0.0354. The van der Waals surface area contributed by atoms with Crippen LogP contribution in [0, 0.1) is 0 Å². The highest BCUT2D eigenvalue weighted by atomic mass is 32.1. The Morgan fingerprint density at radius 1 is 1.59 bits per heavy atom. The summed E-state index contributed by atoms with van der Waals surface area (Å²) in [4.78, 5) is 18.0. The van der Waals surface area contributed by atoms with Crippen molar-refractivity contribution < 1.29 is 4.79 Å². The molecule has 0 radical (unpaired) electrons. The molecule has 2 aromatic rings. The normalized spacial score (nSPS) is 19.8. The maximum absolute atomic E-state index is 12.1. The first-order valence-corrected chi connectivity index (χ1v) is 6.45. The van der Waals surface area contributed by atoms with Crippen LogP contribution in [-0.2, 0) is 0 Å². The minimum Gasteiger partial charge on any atom is -0.337 e. The van der Waals surface area contributed by atoms with Crippen LogP contribution in [0.4, 0.5) is 0 Å². The molecular weight excluding hydrogens is 236 g/mol. The molecule has 0 unspecified atom stereocenters. The second kappa shape index (κ2) is 4.29. The van der Waals surface area contributed by atoms with Gasteiger partial charge in [-0.05, 0) is 12.5 Å². The molecule has 17 heavy (non-hydrogen) atoms. The number of nitrogens with one attached hydrogen (secondary N) is 1. The summed E-state index contributed by atoms with van der Waals surface area (Å²) >= 11 is 1.45. The van der Waals surface area contributed by atoms with Gasteiger partial charge in [0.05, 0.1) is 5.51 Å². The zero-order chi connectivity index (χ0) is 11.7. The van der Waals surface area contributed by atoms with Crippen LogP contribution in [-0.4, -0.2) is 39.1 Å². The van der Waals surface area contributed by atoms with Crippen LogP contribution < -0.4 is 0 Å². The van der Waals surface area contributed by atoms with Crippen LogP contribution in [0.2, 0.25) is 0 Å². The van der Waals surface area contributed by atoms with Gasteiger partial charge in [-0.1, -0.05) is 0 Å². The van der Waals surface area contributed by atoms with E-state index in [0.717, 1.165) is 25.2 Å². The Balaban J connectivity index is 1.70. The van der Waals surface area contributed by atoms with Gasteiger partial charge in [0.15, 0.2) is 0 Å². The largest absolute Gasteiger partial charge is 0.337 e. The molecule has 1 N–H and O–H groups in total. The van der Waals surface area contributed by atoms with Crippen LogP contribution in [0.1, 0.15) is 28.5 Å². The van der Waals surface area contributed by atoms with Gasteiger partial charge in [-0.25, -0.2) is 4.98 Å². The van der Waals surface area contributed by atoms with E-state index in [-0.39, 0.29) is 5.91 Å². The Morgan fingerprint density at radius 2 is 2.53 bits per heavy atom. The quantitative estimate of drug-likeness (QED) is 0.876. The maximum atomic E-state index is 12.1. The number of hydrogen-bond donors (Lipinski definition) is 1. The van der Waals surface area contributed by atoms with Gasteiger partial charge in [0, 0.05) is 36.3 Å². The van der Waals surface area contributed by atoms with Crippen molar-refractivity contribution in [3.05, 3.63) is 34.5 Å². The predicted molar refractivity (Wildman–Crippen MR) is 64.0 cm³/mol. The van der Waals surface area contributed by atoms with Crippen LogP contribution in [0.25, 0.3) is 0 Å². The fourth-order valence-electron chi connectivity index (χ4n) is 2.17. The number of aromatic amines is 1. The van der Waals surface area contributed by atoms with Gasteiger partial charge in [0.25, 0.3) is 5.91 Å². The highest BCUT2D eigenvalue weighted by Gasteiger charge is 2.29. The van der Waals surface area contributed by atoms with Crippen molar-refractivity contribution in [2.75, 3.05) is 13.1 Å². The zero-order valence-corrected chi connectivity index (χ0v) is 9.98. The number of carbonyl (C=O) groups is 1. The first-order chi connectivity index (χ1) is 8.34. The summed E-state index contributed by atoms with van der Waals surface area (Å²) in [6.07, 6.45) is 2.73. The second-order valence-electron chi connectivity index (χ2n) is 4.12. The second-order valence-corrected chi connectivity index (χ2v) is 4.84. The number of H-pyrrole nitrogens is 1. The topological polar surface area (TPSA) is 61.9 Å². The third kappa shape index (κ3) is 1.95. The maximum Gasteiger partial charge on any atom is 0.273 e. The van der Waals surface area contributed by atoms with E-state index in [0.29, 0.717) is 11.6 Å². The van der Waals surface area contributed by atoms with Crippen molar-refractivity contribution in [3.8, 4) is 0 Å². The van der Waals surface area contributed by atoms with Gasteiger partial charge in [-0.2, -0.15) is 5.10 Å². The number of carbonyl (C=O) groups excluding carboxylic acids is 1. The zero-order valence-electron chi connectivity index (χ0n) is 9.17. The summed E-state index contributed by atoms with van der Waals surface area (Å²) in [5.74, 6) is 0.411. The van der Waals surface area contributed by atoms with Crippen molar-refractivity contribution in [2.45, 2.75) is 12.3 Å². The van der Waals surface area contributed by atoms with E-state index in [1.54, 1.807) is 17.1 Å². The SMILES string of the molecule is O=C(c1cscn1)N1CC[C@@H](c2ccn[nH]2)C1. The predicted octanol–water partition coefficient (Wildman–Crippen LogP) is 1.50. The van der Waals surface area contributed by atoms with Gasteiger partial charge in [0.2, 0.25) is 0 Å². The molecular formula is C11H12N4OS. The van der Waals surface area contributed by atoms with Crippen LogP contribution in [0.3, 0.4) is 0 Å². The lowest BCUT2D eigenvalue weighted by Gasteiger charge is -2.14. The number of amides is 1. The van der Waals surface area contributed by atoms with E-state index in [1.165, 1.54) is 11.3 Å². The van der Waals surface area contributed by atoms with E-state index in [9.17, 15) is 4.79 Å². The van der Waals surface area contributed by atoms with Gasteiger partial charge in [-0.15, -0.1) is 11.3 Å². The number of likely N-dealkylation sites (tertiary alicyclic amines) is 1. The van der Waals surface area contributed by atoms with Crippen molar-refractivity contribution in [1.82, 2.24) is 20.1 Å². The minimum atomic E-state index is 0.0354. The molecule has 1 aliphatic rings. The third-order valence-corrected chi connectivity index (χ3v) is 3.68. The van der Waals surface area contributed by atoms with Crippen molar-refractivity contribution >= 4 is 17.2 Å². The molecule has 1 saturated heterocycles. The lowest BCUT2D eigenvalue weighted by molar-refractivity contribution is 0.0785. The molecule has 0 aromatic carbocycles. The first kappa shape index (κ1) is 10.5. The molecule has 0 saturated carbocycles. The number of hydrogen-bond acceptors (Lipinski definition) is 4. The van der Waals surface area contributed by atoms with Gasteiger partial charge < -0.3 is 4.90 Å².